The number of furan rings is 1. The van der Waals surface area contributed by atoms with Crippen molar-refractivity contribution in [3.63, 3.8) is 0 Å². The molecule has 0 aliphatic carbocycles. The third kappa shape index (κ3) is 4.28. The van der Waals surface area contributed by atoms with Gasteiger partial charge < -0.3 is 20.8 Å². The summed E-state index contributed by atoms with van der Waals surface area (Å²) in [4.78, 5) is 24.8. The molecule has 0 atom stereocenters. The van der Waals surface area contributed by atoms with Crippen LogP contribution in [-0.2, 0) is 0 Å². The maximum absolute atomic E-state index is 12.6. The SMILES string of the molecule is CCC(CC)(CN)NC(=O)c1ccc(C)c(NC(=O)c2ccco2)c1. The lowest BCUT2D eigenvalue weighted by atomic mass is 9.92. The molecular formula is C19H25N3O3. The van der Waals surface area contributed by atoms with Crippen LogP contribution in [0.15, 0.2) is 41.0 Å². The van der Waals surface area contributed by atoms with E-state index in [0.717, 1.165) is 18.4 Å². The standard InChI is InChI=1S/C19H25N3O3/c1-4-19(5-2,12-20)22-17(23)14-9-8-13(3)15(11-14)21-18(24)16-7-6-10-25-16/h6-11H,4-5,12,20H2,1-3H3,(H,21,24)(H,22,23). The highest BCUT2D eigenvalue weighted by Gasteiger charge is 2.27. The maximum Gasteiger partial charge on any atom is 0.291 e. The van der Waals surface area contributed by atoms with Crippen LogP contribution >= 0.6 is 0 Å². The van der Waals surface area contributed by atoms with Crippen molar-refractivity contribution in [1.29, 1.82) is 0 Å². The van der Waals surface area contributed by atoms with Crippen molar-refractivity contribution in [2.75, 3.05) is 11.9 Å². The molecule has 25 heavy (non-hydrogen) atoms. The molecule has 0 fully saturated rings. The molecule has 0 saturated carbocycles. The van der Waals surface area contributed by atoms with Crippen LogP contribution in [0.4, 0.5) is 5.69 Å². The Morgan fingerprint density at radius 1 is 1.16 bits per heavy atom. The van der Waals surface area contributed by atoms with Crippen molar-refractivity contribution in [2.24, 2.45) is 5.73 Å². The minimum absolute atomic E-state index is 0.206. The zero-order chi connectivity index (χ0) is 18.4. The van der Waals surface area contributed by atoms with Gasteiger partial charge in [0, 0.05) is 17.8 Å². The number of anilines is 1. The average Bonchev–Trinajstić information content (AvgIpc) is 3.16. The molecule has 0 aliphatic heterocycles. The van der Waals surface area contributed by atoms with Crippen molar-refractivity contribution < 1.29 is 14.0 Å². The largest absolute Gasteiger partial charge is 0.459 e. The predicted molar refractivity (Wildman–Crippen MR) is 97.7 cm³/mol. The summed E-state index contributed by atoms with van der Waals surface area (Å²) in [5.74, 6) is -0.347. The summed E-state index contributed by atoms with van der Waals surface area (Å²) in [6.45, 7) is 6.24. The van der Waals surface area contributed by atoms with Gasteiger partial charge in [-0.1, -0.05) is 19.9 Å². The summed E-state index contributed by atoms with van der Waals surface area (Å²) in [7, 11) is 0. The van der Waals surface area contributed by atoms with Gasteiger partial charge in [0.05, 0.1) is 11.8 Å². The third-order valence-electron chi connectivity index (χ3n) is 4.62. The van der Waals surface area contributed by atoms with Gasteiger partial charge in [-0.15, -0.1) is 0 Å². The Morgan fingerprint density at radius 2 is 1.88 bits per heavy atom. The van der Waals surface area contributed by atoms with E-state index >= 15 is 0 Å². The van der Waals surface area contributed by atoms with Gasteiger partial charge in [0.1, 0.15) is 0 Å². The lowest BCUT2D eigenvalue weighted by molar-refractivity contribution is 0.0894. The highest BCUT2D eigenvalue weighted by molar-refractivity contribution is 6.04. The fourth-order valence-electron chi connectivity index (χ4n) is 2.57. The normalized spacial score (nSPS) is 11.2. The van der Waals surface area contributed by atoms with E-state index in [1.165, 1.54) is 6.26 Å². The highest BCUT2D eigenvalue weighted by Crippen LogP contribution is 2.20. The van der Waals surface area contributed by atoms with Crippen LogP contribution in [0.5, 0.6) is 0 Å². The molecule has 0 saturated heterocycles. The molecule has 6 heteroatoms. The number of amides is 2. The number of aryl methyl sites for hydroxylation is 1. The molecule has 0 bridgehead atoms. The van der Waals surface area contributed by atoms with E-state index in [4.69, 9.17) is 10.2 Å². The predicted octanol–water partition coefficient (Wildman–Crippen LogP) is 3.09. The first kappa shape index (κ1) is 18.7. The Balaban J connectivity index is 2.20. The molecule has 134 valence electrons. The topological polar surface area (TPSA) is 97.4 Å². The van der Waals surface area contributed by atoms with Gasteiger partial charge in [0.15, 0.2) is 5.76 Å². The van der Waals surface area contributed by atoms with Gasteiger partial charge in [-0.05, 0) is 49.6 Å². The van der Waals surface area contributed by atoms with Gasteiger partial charge in [-0.2, -0.15) is 0 Å². The van der Waals surface area contributed by atoms with E-state index in [1.54, 1.807) is 30.3 Å². The minimum atomic E-state index is -0.417. The first-order valence-electron chi connectivity index (χ1n) is 8.42. The fraction of sp³-hybridized carbons (Fsp3) is 0.368. The van der Waals surface area contributed by atoms with Crippen LogP contribution < -0.4 is 16.4 Å². The van der Waals surface area contributed by atoms with Crippen LogP contribution in [0.25, 0.3) is 0 Å². The Labute approximate surface area is 147 Å². The highest BCUT2D eigenvalue weighted by atomic mass is 16.3. The van der Waals surface area contributed by atoms with E-state index < -0.39 is 5.54 Å². The molecule has 4 N–H and O–H groups in total. The zero-order valence-corrected chi connectivity index (χ0v) is 14.9. The summed E-state index contributed by atoms with van der Waals surface area (Å²) >= 11 is 0. The molecule has 0 radical (unpaired) electrons. The van der Waals surface area contributed by atoms with Crippen LogP contribution in [-0.4, -0.2) is 23.9 Å². The Kier molecular flexibility index (Phi) is 5.98. The first-order valence-corrected chi connectivity index (χ1v) is 8.42. The first-order chi connectivity index (χ1) is 11.9. The zero-order valence-electron chi connectivity index (χ0n) is 14.9. The lowest BCUT2D eigenvalue weighted by Crippen LogP contribution is -2.52. The van der Waals surface area contributed by atoms with Crippen LogP contribution in [0.2, 0.25) is 0 Å². The number of nitrogens with one attached hydrogen (secondary N) is 2. The number of benzene rings is 1. The van der Waals surface area contributed by atoms with Gasteiger partial charge in [0.25, 0.3) is 11.8 Å². The van der Waals surface area contributed by atoms with Crippen molar-refractivity contribution in [3.8, 4) is 0 Å². The lowest BCUT2D eigenvalue weighted by Gasteiger charge is -2.31. The number of rotatable bonds is 7. The maximum atomic E-state index is 12.6. The molecule has 2 rings (SSSR count). The number of carbonyl (C=O) groups is 2. The molecule has 0 aliphatic rings. The second-order valence-corrected chi connectivity index (χ2v) is 6.11. The van der Waals surface area contributed by atoms with Crippen molar-refractivity contribution in [3.05, 3.63) is 53.5 Å². The van der Waals surface area contributed by atoms with Crippen LogP contribution in [0.3, 0.4) is 0 Å². The Bertz CT molecular complexity index is 726. The van der Waals surface area contributed by atoms with Crippen molar-refractivity contribution in [2.45, 2.75) is 39.2 Å². The van der Waals surface area contributed by atoms with E-state index in [9.17, 15) is 9.59 Å². The van der Waals surface area contributed by atoms with Crippen LogP contribution in [0, 0.1) is 6.92 Å². The second-order valence-electron chi connectivity index (χ2n) is 6.11. The fourth-order valence-corrected chi connectivity index (χ4v) is 2.57. The van der Waals surface area contributed by atoms with Crippen LogP contribution in [0.1, 0.15) is 53.2 Å². The van der Waals surface area contributed by atoms with E-state index in [-0.39, 0.29) is 17.6 Å². The molecule has 1 aromatic heterocycles. The third-order valence-corrected chi connectivity index (χ3v) is 4.62. The molecule has 0 spiro atoms. The molecule has 6 nitrogen and oxygen atoms in total. The number of hydrogen-bond acceptors (Lipinski definition) is 4. The van der Waals surface area contributed by atoms with E-state index in [0.29, 0.717) is 17.8 Å². The van der Waals surface area contributed by atoms with Gasteiger partial charge in [0.2, 0.25) is 0 Å². The molecular weight excluding hydrogens is 318 g/mol. The van der Waals surface area contributed by atoms with Gasteiger partial charge in [-0.3, -0.25) is 9.59 Å². The monoisotopic (exact) mass is 343 g/mol. The molecule has 1 heterocycles. The second kappa shape index (κ2) is 7.98. The Hall–Kier alpha value is -2.60. The minimum Gasteiger partial charge on any atom is -0.459 e. The Morgan fingerprint density at radius 3 is 2.44 bits per heavy atom. The van der Waals surface area contributed by atoms with Crippen molar-refractivity contribution >= 4 is 17.5 Å². The van der Waals surface area contributed by atoms with E-state index in [1.807, 2.05) is 20.8 Å². The average molecular weight is 343 g/mol. The molecule has 1 aromatic carbocycles. The van der Waals surface area contributed by atoms with Crippen molar-refractivity contribution in [1.82, 2.24) is 5.32 Å². The smallest absolute Gasteiger partial charge is 0.291 e. The number of carbonyl (C=O) groups excluding carboxylic acids is 2. The van der Waals surface area contributed by atoms with E-state index in [2.05, 4.69) is 10.6 Å². The quantitative estimate of drug-likeness (QED) is 0.719. The number of nitrogens with two attached hydrogens (primary N) is 1. The molecule has 0 unspecified atom stereocenters. The summed E-state index contributed by atoms with van der Waals surface area (Å²) in [6.07, 6.45) is 2.94. The molecule has 2 aromatic rings. The molecule has 2 amide bonds. The van der Waals surface area contributed by atoms with Gasteiger partial charge in [-0.25, -0.2) is 0 Å². The summed E-state index contributed by atoms with van der Waals surface area (Å²) in [5.41, 5.74) is 7.33. The summed E-state index contributed by atoms with van der Waals surface area (Å²) < 4.78 is 5.09. The van der Waals surface area contributed by atoms with Gasteiger partial charge >= 0.3 is 0 Å². The summed E-state index contributed by atoms with van der Waals surface area (Å²) in [5, 5.41) is 5.80. The number of hydrogen-bond donors (Lipinski definition) is 3. The summed E-state index contributed by atoms with van der Waals surface area (Å²) in [6, 6.07) is 8.43.